The monoisotopic (exact) mass is 385 g/mol. The van der Waals surface area contributed by atoms with Gasteiger partial charge in [0.05, 0.1) is 17.1 Å². The number of hydrogen-bond acceptors (Lipinski definition) is 4. The van der Waals surface area contributed by atoms with Crippen molar-refractivity contribution in [2.45, 2.75) is 18.4 Å². The molecule has 132 valence electrons. The number of hydrogen-bond donors (Lipinski definition) is 2. The number of nitrogens with one attached hydrogen (secondary N) is 2. The number of anilines is 1. The third-order valence-electron chi connectivity index (χ3n) is 4.02. The maximum absolute atomic E-state index is 12.7. The molecule has 0 saturated heterocycles. The minimum Gasteiger partial charge on any atom is -0.347 e. The highest BCUT2D eigenvalue weighted by atomic mass is 32.2. The van der Waals surface area contributed by atoms with Gasteiger partial charge in [-0.3, -0.25) is 13.6 Å². The Morgan fingerprint density at radius 1 is 1.27 bits per heavy atom. The molecule has 0 aliphatic carbocycles. The molecule has 2 N–H and O–H groups in total. The van der Waals surface area contributed by atoms with Crippen LogP contribution in [0.25, 0.3) is 0 Å². The van der Waals surface area contributed by atoms with Crippen LogP contribution >= 0.6 is 11.3 Å². The van der Waals surface area contributed by atoms with Crippen molar-refractivity contribution < 1.29 is 13.8 Å². The highest BCUT2D eigenvalue weighted by molar-refractivity contribution is 7.83. The molecule has 8 heteroatoms. The number of nitrogens with zero attached hydrogens (tertiary/aromatic N) is 1. The van der Waals surface area contributed by atoms with Gasteiger partial charge >= 0.3 is 0 Å². The normalized spacial score (nSPS) is 15.6. The quantitative estimate of drug-likeness (QED) is 0.727. The van der Waals surface area contributed by atoms with E-state index in [1.807, 2.05) is 19.1 Å². The predicted octanol–water partition coefficient (Wildman–Crippen LogP) is 2.92. The van der Waals surface area contributed by atoms with Gasteiger partial charge in [0, 0.05) is 21.5 Å². The smallest absolute Gasteiger partial charge is 0.273 e. The van der Waals surface area contributed by atoms with Gasteiger partial charge < -0.3 is 10.6 Å². The van der Waals surface area contributed by atoms with Crippen LogP contribution in [0.2, 0.25) is 0 Å². The van der Waals surface area contributed by atoms with Gasteiger partial charge in [-0.05, 0) is 49.4 Å². The molecule has 1 aliphatic rings. The van der Waals surface area contributed by atoms with Crippen molar-refractivity contribution >= 4 is 39.8 Å². The lowest BCUT2D eigenvalue weighted by Gasteiger charge is -2.09. The molecule has 26 heavy (non-hydrogen) atoms. The number of aryl methyl sites for hydroxylation is 1. The molecule has 1 aromatic carbocycles. The summed E-state index contributed by atoms with van der Waals surface area (Å²) >= 11 is 1.63. The molecule has 0 saturated carbocycles. The van der Waals surface area contributed by atoms with Gasteiger partial charge in [0.15, 0.2) is 11.0 Å². The van der Waals surface area contributed by atoms with Crippen molar-refractivity contribution in [3.8, 4) is 0 Å². The average Bonchev–Trinajstić information content (AvgIpc) is 3.26. The number of aromatic nitrogens is 1. The van der Waals surface area contributed by atoms with Crippen molar-refractivity contribution in [3.63, 3.8) is 0 Å². The lowest BCUT2D eigenvalue weighted by molar-refractivity contribution is 0.0949. The van der Waals surface area contributed by atoms with Crippen molar-refractivity contribution in [3.05, 3.63) is 69.7 Å². The lowest BCUT2D eigenvalue weighted by Crippen LogP contribution is -2.22. The standard InChI is InChI=1S/C18H15N3O3S2/c1-11-4-6-13(25-11)10-19-17(22)12-5-7-16-14(9-12)20-18(23)15-3-2-8-21(15)26(16)24/h2-9H,10H2,1H3,(H,19,22)(H,20,23). The van der Waals surface area contributed by atoms with Crippen LogP contribution in [0.15, 0.2) is 53.6 Å². The van der Waals surface area contributed by atoms with Gasteiger partial charge in [-0.1, -0.05) is 0 Å². The van der Waals surface area contributed by atoms with E-state index in [4.69, 9.17) is 0 Å². The molecule has 1 unspecified atom stereocenters. The summed E-state index contributed by atoms with van der Waals surface area (Å²) in [5.74, 6) is -0.600. The third kappa shape index (κ3) is 2.97. The van der Waals surface area contributed by atoms with E-state index in [-0.39, 0.29) is 11.8 Å². The maximum Gasteiger partial charge on any atom is 0.273 e. The minimum atomic E-state index is -1.55. The molecular formula is C18H15N3O3S2. The van der Waals surface area contributed by atoms with E-state index in [2.05, 4.69) is 10.6 Å². The van der Waals surface area contributed by atoms with Crippen LogP contribution in [0, 0.1) is 6.92 Å². The lowest BCUT2D eigenvalue weighted by atomic mass is 10.2. The third-order valence-corrected chi connectivity index (χ3v) is 6.43. The fraction of sp³-hybridized carbons (Fsp3) is 0.111. The Balaban J connectivity index is 1.59. The van der Waals surface area contributed by atoms with E-state index in [1.165, 1.54) is 8.85 Å². The van der Waals surface area contributed by atoms with E-state index < -0.39 is 11.0 Å². The summed E-state index contributed by atoms with van der Waals surface area (Å²) < 4.78 is 14.1. The summed E-state index contributed by atoms with van der Waals surface area (Å²) in [4.78, 5) is 27.4. The number of amides is 2. The second-order valence-corrected chi connectivity index (χ2v) is 8.53. The van der Waals surface area contributed by atoms with Crippen LogP contribution in [0.5, 0.6) is 0 Å². The molecule has 3 heterocycles. The second kappa shape index (κ2) is 6.54. The van der Waals surface area contributed by atoms with Gasteiger partial charge in [-0.2, -0.15) is 0 Å². The number of thiophene rings is 1. The van der Waals surface area contributed by atoms with E-state index in [9.17, 15) is 13.8 Å². The van der Waals surface area contributed by atoms with Crippen molar-refractivity contribution in [2.24, 2.45) is 0 Å². The number of carbonyl (C=O) groups is 2. The molecule has 2 aromatic heterocycles. The molecule has 2 amide bonds. The molecule has 0 bridgehead atoms. The van der Waals surface area contributed by atoms with Crippen LogP contribution in [-0.4, -0.2) is 20.0 Å². The highest BCUT2D eigenvalue weighted by Gasteiger charge is 2.24. The molecule has 1 aliphatic heterocycles. The predicted molar refractivity (Wildman–Crippen MR) is 101 cm³/mol. The highest BCUT2D eigenvalue weighted by Crippen LogP contribution is 2.27. The summed E-state index contributed by atoms with van der Waals surface area (Å²) in [6.45, 7) is 2.46. The molecule has 1 atom stereocenters. The van der Waals surface area contributed by atoms with Crippen molar-refractivity contribution in [1.29, 1.82) is 0 Å². The van der Waals surface area contributed by atoms with Crippen LogP contribution in [0.4, 0.5) is 5.69 Å². The van der Waals surface area contributed by atoms with Gasteiger partial charge in [0.25, 0.3) is 11.8 Å². The van der Waals surface area contributed by atoms with E-state index in [1.54, 1.807) is 47.9 Å². The average molecular weight is 385 g/mol. The first-order chi connectivity index (χ1) is 12.5. The number of benzene rings is 1. The maximum atomic E-state index is 12.7. The fourth-order valence-electron chi connectivity index (χ4n) is 2.75. The molecule has 3 aromatic rings. The Kier molecular flexibility index (Phi) is 4.21. The van der Waals surface area contributed by atoms with Crippen LogP contribution in [0.3, 0.4) is 0 Å². The first-order valence-electron chi connectivity index (χ1n) is 7.91. The van der Waals surface area contributed by atoms with Crippen LogP contribution in [-0.2, 0) is 17.5 Å². The van der Waals surface area contributed by atoms with Gasteiger partial charge in [0.1, 0.15) is 5.69 Å². The van der Waals surface area contributed by atoms with E-state index in [0.717, 1.165) is 4.88 Å². The zero-order valence-corrected chi connectivity index (χ0v) is 15.4. The molecule has 4 rings (SSSR count). The Hall–Kier alpha value is -2.71. The van der Waals surface area contributed by atoms with Gasteiger partial charge in [-0.25, -0.2) is 4.21 Å². The second-order valence-electron chi connectivity index (χ2n) is 5.83. The first kappa shape index (κ1) is 16.7. The Labute approximate surface area is 156 Å². The number of rotatable bonds is 3. The summed E-state index contributed by atoms with van der Waals surface area (Å²) in [6.07, 6.45) is 1.60. The zero-order valence-electron chi connectivity index (χ0n) is 13.8. The van der Waals surface area contributed by atoms with E-state index >= 15 is 0 Å². The minimum absolute atomic E-state index is 0.247. The van der Waals surface area contributed by atoms with Gasteiger partial charge in [-0.15, -0.1) is 11.3 Å². The topological polar surface area (TPSA) is 80.2 Å². The molecule has 0 fully saturated rings. The van der Waals surface area contributed by atoms with Crippen LogP contribution < -0.4 is 10.6 Å². The van der Waals surface area contributed by atoms with Crippen LogP contribution in [0.1, 0.15) is 30.6 Å². The summed E-state index contributed by atoms with van der Waals surface area (Å²) in [5, 5.41) is 5.60. The van der Waals surface area contributed by atoms with E-state index in [0.29, 0.717) is 28.4 Å². The molecular weight excluding hydrogens is 370 g/mol. The molecule has 0 spiro atoms. The number of fused-ring (bicyclic) bond motifs is 2. The van der Waals surface area contributed by atoms with Crippen molar-refractivity contribution in [2.75, 3.05) is 5.32 Å². The molecule has 6 nitrogen and oxygen atoms in total. The Bertz CT molecular complexity index is 1050. The first-order valence-corrected chi connectivity index (χ1v) is 9.84. The number of carbonyl (C=O) groups excluding carboxylic acids is 2. The summed E-state index contributed by atoms with van der Waals surface area (Å²) in [7, 11) is -1.55. The Morgan fingerprint density at radius 2 is 2.12 bits per heavy atom. The summed E-state index contributed by atoms with van der Waals surface area (Å²) in [6, 6.07) is 12.1. The van der Waals surface area contributed by atoms with Gasteiger partial charge in [0.2, 0.25) is 0 Å². The Morgan fingerprint density at radius 3 is 2.88 bits per heavy atom. The molecule has 0 radical (unpaired) electrons. The van der Waals surface area contributed by atoms with Crippen molar-refractivity contribution in [1.82, 2.24) is 9.29 Å². The fourth-order valence-corrected chi connectivity index (χ4v) is 4.78. The summed E-state index contributed by atoms with van der Waals surface area (Å²) in [5.41, 5.74) is 1.11. The SMILES string of the molecule is Cc1ccc(CNC(=O)c2ccc3c(c2)NC(=O)c2cccn2S3=O)s1. The largest absolute Gasteiger partial charge is 0.347 e. The zero-order chi connectivity index (χ0) is 18.3.